The fourth-order valence-corrected chi connectivity index (χ4v) is 1.59. The van der Waals surface area contributed by atoms with E-state index in [1.54, 1.807) is 7.05 Å². The van der Waals surface area contributed by atoms with E-state index in [1.807, 2.05) is 0 Å². The number of terminal acetylenes is 1. The molecule has 1 heterocycles. The van der Waals surface area contributed by atoms with Crippen LogP contribution in [0.4, 0.5) is 4.39 Å². The number of thiophene rings is 1. The Bertz CT molecular complexity index is 353. The van der Waals surface area contributed by atoms with Crippen molar-refractivity contribution in [1.29, 1.82) is 0 Å². The molecule has 1 aromatic rings. The largest absolute Gasteiger partial charge is 0.330 e. The molecule has 68 valence electrons. The summed E-state index contributed by atoms with van der Waals surface area (Å²) in [6.45, 7) is 0.191. The molecule has 0 unspecified atom stereocenters. The summed E-state index contributed by atoms with van der Waals surface area (Å²) in [5.74, 6) is 1.46. The fraction of sp³-hybridized carbons (Fsp3) is 0.222. The summed E-state index contributed by atoms with van der Waals surface area (Å²) < 4.78 is 12.9. The van der Waals surface area contributed by atoms with Gasteiger partial charge in [0.05, 0.1) is 6.54 Å². The summed E-state index contributed by atoms with van der Waals surface area (Å²) in [5.41, 5.74) is 0. The van der Waals surface area contributed by atoms with Crippen LogP contribution >= 0.6 is 11.3 Å². The Morgan fingerprint density at radius 3 is 3.00 bits per heavy atom. The Labute approximate surface area is 80.0 Å². The molecule has 4 heteroatoms. The first-order chi connectivity index (χ1) is 6.16. The Hall–Kier alpha value is -1.34. The van der Waals surface area contributed by atoms with Crippen molar-refractivity contribution in [3.63, 3.8) is 0 Å². The number of hydrogen-bond donors (Lipinski definition) is 0. The fourth-order valence-electron chi connectivity index (χ4n) is 0.828. The van der Waals surface area contributed by atoms with Gasteiger partial charge in [0.1, 0.15) is 10.7 Å². The topological polar surface area (TPSA) is 20.3 Å². The quantitative estimate of drug-likeness (QED) is 0.659. The molecular formula is C9H8FNOS. The highest BCUT2D eigenvalue weighted by Gasteiger charge is 2.16. The van der Waals surface area contributed by atoms with E-state index in [2.05, 4.69) is 5.92 Å². The Kier molecular flexibility index (Phi) is 3.04. The SMILES string of the molecule is C#CCN(C)C(=O)c1sccc1F. The van der Waals surface area contributed by atoms with Crippen molar-refractivity contribution < 1.29 is 9.18 Å². The van der Waals surface area contributed by atoms with E-state index in [9.17, 15) is 9.18 Å². The zero-order valence-corrected chi connectivity index (χ0v) is 7.90. The molecule has 0 atom stereocenters. The van der Waals surface area contributed by atoms with Crippen molar-refractivity contribution in [1.82, 2.24) is 4.90 Å². The molecule has 0 aliphatic rings. The van der Waals surface area contributed by atoms with Crippen molar-refractivity contribution in [3.8, 4) is 12.3 Å². The van der Waals surface area contributed by atoms with Crippen LogP contribution in [0.3, 0.4) is 0 Å². The van der Waals surface area contributed by atoms with E-state index in [-0.39, 0.29) is 17.3 Å². The van der Waals surface area contributed by atoms with Gasteiger partial charge >= 0.3 is 0 Å². The molecule has 13 heavy (non-hydrogen) atoms. The number of hydrogen-bond acceptors (Lipinski definition) is 2. The summed E-state index contributed by atoms with van der Waals surface area (Å²) in [4.78, 5) is 12.8. The van der Waals surface area contributed by atoms with E-state index in [0.717, 1.165) is 11.3 Å². The van der Waals surface area contributed by atoms with Gasteiger partial charge in [-0.3, -0.25) is 4.79 Å². The van der Waals surface area contributed by atoms with E-state index in [1.165, 1.54) is 16.3 Å². The zero-order valence-electron chi connectivity index (χ0n) is 7.08. The molecule has 0 saturated carbocycles. The highest BCUT2D eigenvalue weighted by molar-refractivity contribution is 7.12. The van der Waals surface area contributed by atoms with E-state index in [0.29, 0.717) is 0 Å². The van der Waals surface area contributed by atoms with Gasteiger partial charge in [-0.25, -0.2) is 4.39 Å². The molecule has 0 bridgehead atoms. The van der Waals surface area contributed by atoms with Crippen molar-refractivity contribution in [2.45, 2.75) is 0 Å². The smallest absolute Gasteiger partial charge is 0.267 e. The van der Waals surface area contributed by atoms with Crippen LogP contribution in [0, 0.1) is 18.2 Å². The molecule has 0 saturated heterocycles. The first-order valence-electron chi connectivity index (χ1n) is 3.58. The van der Waals surface area contributed by atoms with E-state index >= 15 is 0 Å². The standard InChI is InChI=1S/C9H8FNOS/c1-3-5-11(2)9(12)8-7(10)4-6-13-8/h1,4,6H,5H2,2H3. The van der Waals surface area contributed by atoms with Gasteiger partial charge in [-0.05, 0) is 11.4 Å². The van der Waals surface area contributed by atoms with Gasteiger partial charge in [0.25, 0.3) is 5.91 Å². The van der Waals surface area contributed by atoms with Crippen LogP contribution in [0.2, 0.25) is 0 Å². The van der Waals surface area contributed by atoms with Crippen molar-refractivity contribution >= 4 is 17.2 Å². The number of nitrogens with zero attached hydrogens (tertiary/aromatic N) is 1. The Morgan fingerprint density at radius 1 is 1.85 bits per heavy atom. The highest BCUT2D eigenvalue weighted by atomic mass is 32.1. The van der Waals surface area contributed by atoms with Crippen LogP contribution in [0.15, 0.2) is 11.4 Å². The molecule has 0 aliphatic heterocycles. The van der Waals surface area contributed by atoms with Crippen molar-refractivity contribution in [2.75, 3.05) is 13.6 Å². The summed E-state index contributed by atoms with van der Waals surface area (Å²) in [5, 5.41) is 1.53. The lowest BCUT2D eigenvalue weighted by atomic mass is 10.4. The monoisotopic (exact) mass is 197 g/mol. The molecular weight excluding hydrogens is 189 g/mol. The molecule has 1 rings (SSSR count). The molecule has 0 radical (unpaired) electrons. The molecule has 0 aromatic carbocycles. The predicted octanol–water partition coefficient (Wildman–Crippen LogP) is 1.59. The molecule has 0 aliphatic carbocycles. The summed E-state index contributed by atoms with van der Waals surface area (Å²) in [7, 11) is 1.54. The number of halogens is 1. The first-order valence-corrected chi connectivity index (χ1v) is 4.46. The molecule has 2 nitrogen and oxygen atoms in total. The van der Waals surface area contributed by atoms with Gasteiger partial charge in [0.2, 0.25) is 0 Å². The Morgan fingerprint density at radius 2 is 2.54 bits per heavy atom. The average molecular weight is 197 g/mol. The second-order valence-corrected chi connectivity index (χ2v) is 3.38. The van der Waals surface area contributed by atoms with Crippen LogP contribution in [0.25, 0.3) is 0 Å². The number of carbonyl (C=O) groups is 1. The van der Waals surface area contributed by atoms with E-state index < -0.39 is 5.82 Å². The average Bonchev–Trinajstić information content (AvgIpc) is 2.50. The van der Waals surface area contributed by atoms with Crippen LogP contribution in [0.1, 0.15) is 9.67 Å². The molecule has 0 N–H and O–H groups in total. The molecule has 1 amide bonds. The summed E-state index contributed by atoms with van der Waals surface area (Å²) in [6.07, 6.45) is 5.02. The maximum absolute atomic E-state index is 12.9. The maximum Gasteiger partial charge on any atom is 0.267 e. The van der Waals surface area contributed by atoms with Crippen molar-refractivity contribution in [2.24, 2.45) is 0 Å². The maximum atomic E-state index is 12.9. The lowest BCUT2D eigenvalue weighted by Crippen LogP contribution is -2.26. The third-order valence-electron chi connectivity index (χ3n) is 1.49. The van der Waals surface area contributed by atoms with Gasteiger partial charge in [-0.2, -0.15) is 0 Å². The summed E-state index contributed by atoms with van der Waals surface area (Å²) in [6, 6.07) is 1.27. The minimum absolute atomic E-state index is 0.109. The zero-order chi connectivity index (χ0) is 9.84. The second kappa shape index (κ2) is 4.06. The Balaban J connectivity index is 2.81. The lowest BCUT2D eigenvalue weighted by Gasteiger charge is -2.11. The normalized spacial score (nSPS) is 9.31. The predicted molar refractivity (Wildman–Crippen MR) is 50.1 cm³/mol. The van der Waals surface area contributed by atoms with E-state index in [4.69, 9.17) is 6.42 Å². The first kappa shape index (κ1) is 9.75. The van der Waals surface area contributed by atoms with Gasteiger partial charge < -0.3 is 4.90 Å². The van der Waals surface area contributed by atoms with Crippen LogP contribution < -0.4 is 0 Å². The molecule has 0 fully saturated rings. The van der Waals surface area contributed by atoms with Crippen LogP contribution in [-0.2, 0) is 0 Å². The lowest BCUT2D eigenvalue weighted by molar-refractivity contribution is 0.0813. The highest BCUT2D eigenvalue weighted by Crippen LogP contribution is 2.16. The molecule has 0 spiro atoms. The van der Waals surface area contributed by atoms with Crippen LogP contribution in [0.5, 0.6) is 0 Å². The number of carbonyl (C=O) groups excluding carboxylic acids is 1. The van der Waals surface area contributed by atoms with Gasteiger partial charge in [-0.15, -0.1) is 17.8 Å². The minimum Gasteiger partial charge on any atom is -0.330 e. The number of rotatable bonds is 2. The molecule has 1 aromatic heterocycles. The van der Waals surface area contributed by atoms with Gasteiger partial charge in [0.15, 0.2) is 0 Å². The van der Waals surface area contributed by atoms with Gasteiger partial charge in [0, 0.05) is 7.05 Å². The number of amides is 1. The minimum atomic E-state index is -0.487. The third kappa shape index (κ3) is 2.07. The van der Waals surface area contributed by atoms with Gasteiger partial charge in [-0.1, -0.05) is 5.92 Å². The van der Waals surface area contributed by atoms with Crippen LogP contribution in [-0.4, -0.2) is 24.4 Å². The summed E-state index contributed by atoms with van der Waals surface area (Å²) >= 11 is 1.08. The van der Waals surface area contributed by atoms with Crippen molar-refractivity contribution in [3.05, 3.63) is 22.1 Å². The second-order valence-electron chi connectivity index (χ2n) is 2.46. The third-order valence-corrected chi connectivity index (χ3v) is 2.36.